The predicted molar refractivity (Wildman–Crippen MR) is 52.5 cm³/mol. The fourth-order valence-electron chi connectivity index (χ4n) is 1.30. The number of rotatable bonds is 3. The lowest BCUT2D eigenvalue weighted by atomic mass is 10.2. The summed E-state index contributed by atoms with van der Waals surface area (Å²) in [5.41, 5.74) is 6.74. The second-order valence-corrected chi connectivity index (χ2v) is 2.91. The number of hydrogen-bond acceptors (Lipinski definition) is 0. The smallest absolute Gasteiger partial charge is 0.0959 e. The van der Waals surface area contributed by atoms with Crippen LogP contribution in [0.1, 0.15) is 12.8 Å². The van der Waals surface area contributed by atoms with Crippen molar-refractivity contribution < 1.29 is 5.73 Å². The third-order valence-electron chi connectivity index (χ3n) is 2.00. The SMILES string of the molecule is C=C/C=C/C=C1/C=C(C[NH3+])CC1. The van der Waals surface area contributed by atoms with Crippen LogP contribution in [-0.2, 0) is 0 Å². The Morgan fingerprint density at radius 1 is 1.42 bits per heavy atom. The van der Waals surface area contributed by atoms with E-state index < -0.39 is 0 Å². The van der Waals surface area contributed by atoms with Crippen LogP contribution >= 0.6 is 0 Å². The summed E-state index contributed by atoms with van der Waals surface area (Å²) in [6.07, 6.45) is 12.5. The topological polar surface area (TPSA) is 27.6 Å². The van der Waals surface area contributed by atoms with Gasteiger partial charge in [0, 0.05) is 0 Å². The van der Waals surface area contributed by atoms with E-state index >= 15 is 0 Å². The lowest BCUT2D eigenvalue weighted by molar-refractivity contribution is -0.356. The molecular formula is C11H16N+. The minimum absolute atomic E-state index is 0.947. The quantitative estimate of drug-likeness (QED) is 0.611. The Morgan fingerprint density at radius 2 is 2.25 bits per heavy atom. The van der Waals surface area contributed by atoms with Gasteiger partial charge in [0.1, 0.15) is 0 Å². The van der Waals surface area contributed by atoms with Crippen molar-refractivity contribution in [3.05, 3.63) is 48.1 Å². The monoisotopic (exact) mass is 162 g/mol. The first-order valence-corrected chi connectivity index (χ1v) is 4.33. The molecule has 1 rings (SSSR count). The van der Waals surface area contributed by atoms with E-state index in [9.17, 15) is 0 Å². The molecule has 3 N–H and O–H groups in total. The molecule has 0 fully saturated rings. The zero-order valence-electron chi connectivity index (χ0n) is 7.42. The van der Waals surface area contributed by atoms with Crippen LogP contribution in [-0.4, -0.2) is 6.54 Å². The maximum Gasteiger partial charge on any atom is 0.0959 e. The van der Waals surface area contributed by atoms with E-state index in [1.54, 1.807) is 6.08 Å². The molecule has 0 amide bonds. The Kier molecular flexibility index (Phi) is 3.55. The van der Waals surface area contributed by atoms with Crippen molar-refractivity contribution in [1.29, 1.82) is 0 Å². The Morgan fingerprint density at radius 3 is 2.83 bits per heavy atom. The minimum atomic E-state index is 0.947. The van der Waals surface area contributed by atoms with Gasteiger partial charge in [0.15, 0.2) is 0 Å². The van der Waals surface area contributed by atoms with Gasteiger partial charge in [-0.3, -0.25) is 0 Å². The van der Waals surface area contributed by atoms with Gasteiger partial charge in [0.05, 0.1) is 6.54 Å². The zero-order chi connectivity index (χ0) is 8.81. The summed E-state index contributed by atoms with van der Waals surface area (Å²) in [4.78, 5) is 0. The summed E-state index contributed by atoms with van der Waals surface area (Å²) in [7, 11) is 0. The molecular weight excluding hydrogens is 146 g/mol. The van der Waals surface area contributed by atoms with Crippen molar-refractivity contribution in [2.45, 2.75) is 12.8 Å². The van der Waals surface area contributed by atoms with E-state index in [0.29, 0.717) is 0 Å². The molecule has 0 aromatic rings. The molecule has 0 unspecified atom stereocenters. The number of allylic oxidation sites excluding steroid dienone is 6. The van der Waals surface area contributed by atoms with Gasteiger partial charge in [0.2, 0.25) is 0 Å². The van der Waals surface area contributed by atoms with E-state index in [0.717, 1.165) is 6.54 Å². The molecule has 0 radical (unpaired) electrons. The van der Waals surface area contributed by atoms with Crippen LogP contribution in [0.25, 0.3) is 0 Å². The minimum Gasteiger partial charge on any atom is -0.354 e. The summed E-state index contributed by atoms with van der Waals surface area (Å²) in [5.74, 6) is 0. The van der Waals surface area contributed by atoms with Crippen LogP contribution in [0.2, 0.25) is 0 Å². The summed E-state index contributed by atoms with van der Waals surface area (Å²) < 4.78 is 0. The van der Waals surface area contributed by atoms with Gasteiger partial charge in [-0.2, -0.15) is 0 Å². The molecule has 0 spiro atoms. The number of hydrogen-bond donors (Lipinski definition) is 1. The van der Waals surface area contributed by atoms with Gasteiger partial charge >= 0.3 is 0 Å². The first kappa shape index (κ1) is 9.01. The predicted octanol–water partition coefficient (Wildman–Crippen LogP) is 1.62. The van der Waals surface area contributed by atoms with Gasteiger partial charge in [-0.1, -0.05) is 37.0 Å². The molecule has 1 nitrogen and oxygen atoms in total. The lowest BCUT2D eigenvalue weighted by Gasteiger charge is -1.86. The zero-order valence-corrected chi connectivity index (χ0v) is 7.42. The van der Waals surface area contributed by atoms with E-state index in [1.165, 1.54) is 24.0 Å². The van der Waals surface area contributed by atoms with Crippen molar-refractivity contribution in [2.24, 2.45) is 0 Å². The molecule has 12 heavy (non-hydrogen) atoms. The molecule has 0 bridgehead atoms. The van der Waals surface area contributed by atoms with Gasteiger partial charge in [-0.25, -0.2) is 0 Å². The first-order chi connectivity index (χ1) is 5.86. The van der Waals surface area contributed by atoms with Crippen molar-refractivity contribution in [3.8, 4) is 0 Å². The summed E-state index contributed by atoms with van der Waals surface area (Å²) in [6.45, 7) is 4.56. The van der Waals surface area contributed by atoms with Crippen LogP contribution in [0.3, 0.4) is 0 Å². The molecule has 0 saturated heterocycles. The van der Waals surface area contributed by atoms with Crippen LogP contribution in [0.4, 0.5) is 0 Å². The average Bonchev–Trinajstić information content (AvgIpc) is 2.53. The Bertz CT molecular complexity index is 244. The second kappa shape index (κ2) is 4.73. The summed E-state index contributed by atoms with van der Waals surface area (Å²) in [6, 6.07) is 0. The summed E-state index contributed by atoms with van der Waals surface area (Å²) >= 11 is 0. The van der Waals surface area contributed by atoms with E-state index in [-0.39, 0.29) is 0 Å². The van der Waals surface area contributed by atoms with Gasteiger partial charge < -0.3 is 5.73 Å². The molecule has 1 aliphatic rings. The van der Waals surface area contributed by atoms with Crippen LogP contribution in [0.15, 0.2) is 48.1 Å². The van der Waals surface area contributed by atoms with E-state index in [1.807, 2.05) is 12.2 Å². The van der Waals surface area contributed by atoms with Crippen molar-refractivity contribution in [3.63, 3.8) is 0 Å². The summed E-state index contributed by atoms with van der Waals surface area (Å²) in [5, 5.41) is 0. The molecule has 0 heterocycles. The second-order valence-electron chi connectivity index (χ2n) is 2.91. The molecule has 64 valence electrons. The van der Waals surface area contributed by atoms with Gasteiger partial charge in [-0.05, 0) is 24.0 Å². The Labute approximate surface area is 74.0 Å². The van der Waals surface area contributed by atoms with Crippen molar-refractivity contribution in [2.75, 3.05) is 6.54 Å². The fraction of sp³-hybridized carbons (Fsp3) is 0.273. The molecule has 0 aromatic heterocycles. The lowest BCUT2D eigenvalue weighted by Crippen LogP contribution is -2.50. The highest BCUT2D eigenvalue weighted by Gasteiger charge is 2.07. The third kappa shape index (κ3) is 2.51. The number of quaternary nitrogens is 1. The Balaban J connectivity index is 2.55. The normalized spacial score (nSPS) is 20.4. The van der Waals surface area contributed by atoms with Gasteiger partial charge in [-0.15, -0.1) is 0 Å². The molecule has 0 aromatic carbocycles. The highest BCUT2D eigenvalue weighted by atomic mass is 14.5. The largest absolute Gasteiger partial charge is 0.354 e. The molecule has 0 saturated carbocycles. The highest BCUT2D eigenvalue weighted by Crippen LogP contribution is 2.21. The van der Waals surface area contributed by atoms with E-state index in [2.05, 4.69) is 24.5 Å². The fourth-order valence-corrected chi connectivity index (χ4v) is 1.30. The Hall–Kier alpha value is -1.08. The molecule has 1 heteroatoms. The third-order valence-corrected chi connectivity index (χ3v) is 2.00. The van der Waals surface area contributed by atoms with Crippen LogP contribution in [0.5, 0.6) is 0 Å². The van der Waals surface area contributed by atoms with E-state index in [4.69, 9.17) is 0 Å². The van der Waals surface area contributed by atoms with Crippen molar-refractivity contribution >= 4 is 0 Å². The standard InChI is InChI=1S/C11H15N/c1-2-3-4-5-10-6-7-11(8-10)9-12/h2-5,8H,1,6-7,9,12H2/p+1/b4-3+,10-5+. The van der Waals surface area contributed by atoms with Crippen molar-refractivity contribution in [1.82, 2.24) is 0 Å². The molecule has 1 aliphatic carbocycles. The first-order valence-electron chi connectivity index (χ1n) is 4.33. The van der Waals surface area contributed by atoms with Gasteiger partial charge in [0.25, 0.3) is 0 Å². The molecule has 0 atom stereocenters. The van der Waals surface area contributed by atoms with Crippen LogP contribution < -0.4 is 5.73 Å². The average molecular weight is 162 g/mol. The maximum atomic E-state index is 3.87. The molecule has 0 aliphatic heterocycles. The van der Waals surface area contributed by atoms with Crippen LogP contribution in [0, 0.1) is 0 Å². The maximum absolute atomic E-state index is 3.87. The highest BCUT2D eigenvalue weighted by molar-refractivity contribution is 5.33.